The van der Waals surface area contributed by atoms with Crippen molar-refractivity contribution in [3.8, 4) is 0 Å². The van der Waals surface area contributed by atoms with Crippen LogP contribution in [-0.2, 0) is 0 Å². The van der Waals surface area contributed by atoms with Crippen molar-refractivity contribution in [1.29, 1.82) is 0 Å². The van der Waals surface area contributed by atoms with Gasteiger partial charge in [0.15, 0.2) is 11.6 Å². The fourth-order valence-corrected chi connectivity index (χ4v) is 2.82. The lowest BCUT2D eigenvalue weighted by molar-refractivity contribution is 0.0979. The molecule has 0 aromatic heterocycles. The molecule has 18 heavy (non-hydrogen) atoms. The summed E-state index contributed by atoms with van der Waals surface area (Å²) in [5, 5.41) is 0. The van der Waals surface area contributed by atoms with E-state index in [0.29, 0.717) is 22.3 Å². The highest BCUT2D eigenvalue weighted by atomic mass is 79.9. The van der Waals surface area contributed by atoms with E-state index in [1.807, 2.05) is 0 Å². The van der Waals surface area contributed by atoms with Crippen molar-refractivity contribution >= 4 is 43.4 Å². The molecule has 1 aliphatic carbocycles. The predicted molar refractivity (Wildman–Crippen MR) is 75.1 cm³/mol. The monoisotopic (exact) mass is 364 g/mol. The van der Waals surface area contributed by atoms with Gasteiger partial charge in [0.2, 0.25) is 0 Å². The minimum absolute atomic E-state index is 0.0976. The van der Waals surface area contributed by atoms with Gasteiger partial charge in [0.25, 0.3) is 0 Å². The smallest absolute Gasteiger partial charge is 0.194 e. The molecule has 0 atom stereocenters. The van der Waals surface area contributed by atoms with Gasteiger partial charge in [0, 0.05) is 31.2 Å². The summed E-state index contributed by atoms with van der Waals surface area (Å²) < 4.78 is 1.58. The Morgan fingerprint density at radius 3 is 1.44 bits per heavy atom. The second-order valence-electron chi connectivity index (χ2n) is 4.04. The maximum Gasteiger partial charge on any atom is 0.194 e. The number of carbonyl (C=O) groups is 2. The number of hydrogen-bond donors (Lipinski definition) is 0. The first-order chi connectivity index (χ1) is 8.58. The molecule has 0 spiro atoms. The van der Waals surface area contributed by atoms with Crippen LogP contribution < -0.4 is 0 Å². The van der Waals surface area contributed by atoms with Crippen molar-refractivity contribution in [2.75, 3.05) is 0 Å². The van der Waals surface area contributed by atoms with E-state index in [9.17, 15) is 9.59 Å². The van der Waals surface area contributed by atoms with Gasteiger partial charge in [0.05, 0.1) is 0 Å². The summed E-state index contributed by atoms with van der Waals surface area (Å²) in [4.78, 5) is 24.7. The molecule has 0 saturated heterocycles. The Morgan fingerprint density at radius 1 is 0.611 bits per heavy atom. The number of hydrogen-bond acceptors (Lipinski definition) is 2. The molecule has 0 radical (unpaired) electrons. The van der Waals surface area contributed by atoms with Crippen molar-refractivity contribution in [3.05, 3.63) is 67.6 Å². The number of halogens is 2. The first-order valence-corrected chi connectivity index (χ1v) is 6.85. The van der Waals surface area contributed by atoms with E-state index in [0.717, 1.165) is 8.95 Å². The van der Waals surface area contributed by atoms with Crippen LogP contribution in [0.15, 0.2) is 45.3 Å². The predicted octanol–water partition coefficient (Wildman–Crippen LogP) is 3.99. The minimum Gasteiger partial charge on any atom is -0.289 e. The van der Waals surface area contributed by atoms with Gasteiger partial charge in [-0.3, -0.25) is 9.59 Å². The minimum atomic E-state index is -0.109. The van der Waals surface area contributed by atoms with E-state index < -0.39 is 0 Å². The van der Waals surface area contributed by atoms with Gasteiger partial charge < -0.3 is 0 Å². The molecule has 0 heterocycles. The zero-order chi connectivity index (χ0) is 12.9. The highest BCUT2D eigenvalue weighted by molar-refractivity contribution is 9.10. The molecule has 2 aromatic carbocycles. The van der Waals surface area contributed by atoms with Gasteiger partial charge in [-0.05, 0) is 36.4 Å². The third-order valence-electron chi connectivity index (χ3n) is 2.94. The fourth-order valence-electron chi connectivity index (χ4n) is 2.09. The maximum absolute atomic E-state index is 12.4. The summed E-state index contributed by atoms with van der Waals surface area (Å²) in [6.45, 7) is 0. The molecular formula is C14H6Br2O2. The lowest BCUT2D eigenvalue weighted by atomic mass is 9.84. The van der Waals surface area contributed by atoms with Crippen LogP contribution in [-0.4, -0.2) is 11.6 Å². The van der Waals surface area contributed by atoms with Gasteiger partial charge in [-0.2, -0.15) is 0 Å². The van der Waals surface area contributed by atoms with E-state index >= 15 is 0 Å². The summed E-state index contributed by atoms with van der Waals surface area (Å²) in [6, 6.07) is 10.3. The molecule has 0 saturated carbocycles. The largest absolute Gasteiger partial charge is 0.289 e. The Morgan fingerprint density at radius 2 is 1.00 bits per heavy atom. The van der Waals surface area contributed by atoms with Gasteiger partial charge >= 0.3 is 0 Å². The van der Waals surface area contributed by atoms with E-state index in [2.05, 4.69) is 31.9 Å². The maximum atomic E-state index is 12.4. The highest BCUT2D eigenvalue weighted by Gasteiger charge is 2.29. The Bertz CT molecular complexity index is 647. The Balaban J connectivity index is 2.32. The van der Waals surface area contributed by atoms with Crippen molar-refractivity contribution in [2.45, 2.75) is 0 Å². The van der Waals surface area contributed by atoms with Gasteiger partial charge in [0.1, 0.15) is 0 Å². The number of ketones is 2. The van der Waals surface area contributed by atoms with Crippen molar-refractivity contribution < 1.29 is 9.59 Å². The number of fused-ring (bicyclic) bond motifs is 2. The lowest BCUT2D eigenvalue weighted by Gasteiger charge is -2.17. The van der Waals surface area contributed by atoms with Crippen LogP contribution in [0, 0.1) is 0 Å². The molecule has 2 aromatic rings. The summed E-state index contributed by atoms with van der Waals surface area (Å²) in [6.07, 6.45) is 0. The van der Waals surface area contributed by atoms with Crippen LogP contribution in [0.5, 0.6) is 0 Å². The molecule has 0 unspecified atom stereocenters. The average Bonchev–Trinajstić information content (AvgIpc) is 2.35. The van der Waals surface area contributed by atoms with Crippen molar-refractivity contribution in [1.82, 2.24) is 0 Å². The fraction of sp³-hybridized carbons (Fsp3) is 0. The number of benzene rings is 2. The van der Waals surface area contributed by atoms with Crippen LogP contribution in [0.3, 0.4) is 0 Å². The second kappa shape index (κ2) is 4.14. The van der Waals surface area contributed by atoms with E-state index in [-0.39, 0.29) is 11.6 Å². The summed E-state index contributed by atoms with van der Waals surface area (Å²) in [7, 11) is 0. The van der Waals surface area contributed by atoms with E-state index in [4.69, 9.17) is 0 Å². The number of rotatable bonds is 0. The van der Waals surface area contributed by atoms with Gasteiger partial charge in [-0.25, -0.2) is 0 Å². The summed E-state index contributed by atoms with van der Waals surface area (Å²) in [5.41, 5.74) is 1.86. The zero-order valence-corrected chi connectivity index (χ0v) is 12.2. The summed E-state index contributed by atoms with van der Waals surface area (Å²) in [5.74, 6) is -0.207. The molecule has 3 rings (SSSR count). The third kappa shape index (κ3) is 1.68. The van der Waals surface area contributed by atoms with Crippen LogP contribution in [0.4, 0.5) is 0 Å². The SMILES string of the molecule is O=C1c2ccc(Br)cc2C(=O)c2cc(Br)ccc21. The Labute approximate surface area is 120 Å². The molecule has 2 nitrogen and oxygen atoms in total. The van der Waals surface area contributed by atoms with Gasteiger partial charge in [-0.1, -0.05) is 31.9 Å². The van der Waals surface area contributed by atoms with Crippen LogP contribution in [0.1, 0.15) is 31.8 Å². The second-order valence-corrected chi connectivity index (χ2v) is 5.87. The summed E-state index contributed by atoms with van der Waals surface area (Å²) >= 11 is 6.64. The average molecular weight is 366 g/mol. The molecule has 0 fully saturated rings. The molecule has 0 N–H and O–H groups in total. The molecule has 1 aliphatic rings. The molecular weight excluding hydrogens is 360 g/mol. The first kappa shape index (κ1) is 11.8. The van der Waals surface area contributed by atoms with Crippen LogP contribution >= 0.6 is 31.9 Å². The number of carbonyl (C=O) groups excluding carboxylic acids is 2. The van der Waals surface area contributed by atoms with Crippen LogP contribution in [0.25, 0.3) is 0 Å². The Kier molecular flexibility index (Phi) is 2.72. The van der Waals surface area contributed by atoms with Crippen LogP contribution in [0.2, 0.25) is 0 Å². The van der Waals surface area contributed by atoms with E-state index in [1.54, 1.807) is 36.4 Å². The van der Waals surface area contributed by atoms with Crippen molar-refractivity contribution in [2.24, 2.45) is 0 Å². The molecule has 0 amide bonds. The molecule has 0 aliphatic heterocycles. The van der Waals surface area contributed by atoms with Gasteiger partial charge in [-0.15, -0.1) is 0 Å². The Hall–Kier alpha value is -1.26. The van der Waals surface area contributed by atoms with Crippen molar-refractivity contribution in [3.63, 3.8) is 0 Å². The molecule has 4 heteroatoms. The van der Waals surface area contributed by atoms with E-state index in [1.165, 1.54) is 0 Å². The highest BCUT2D eigenvalue weighted by Crippen LogP contribution is 2.30. The zero-order valence-electron chi connectivity index (χ0n) is 9.04. The lowest BCUT2D eigenvalue weighted by Crippen LogP contribution is -2.20. The third-order valence-corrected chi connectivity index (χ3v) is 3.93. The topological polar surface area (TPSA) is 34.1 Å². The standard InChI is InChI=1S/C14H6Br2O2/c15-7-1-3-9-11(5-7)14(18)12-6-8(16)2-4-10(12)13(9)17/h1-6H. The molecule has 0 bridgehead atoms. The quantitative estimate of drug-likeness (QED) is 0.603. The first-order valence-electron chi connectivity index (χ1n) is 5.26. The molecule has 88 valence electrons. The normalized spacial score (nSPS) is 13.2.